The maximum atomic E-state index is 13.1. The number of anilines is 1. The maximum absolute atomic E-state index is 13.1. The minimum absolute atomic E-state index is 0.0363. The Bertz CT molecular complexity index is 1350. The molecule has 3 heterocycles. The predicted molar refractivity (Wildman–Crippen MR) is 141 cm³/mol. The highest BCUT2D eigenvalue weighted by Gasteiger charge is 2.35. The molecule has 2 unspecified atom stereocenters. The predicted octanol–water partition coefficient (Wildman–Crippen LogP) is 1.24. The summed E-state index contributed by atoms with van der Waals surface area (Å²) in [6.07, 6.45) is 2.47. The van der Waals surface area contributed by atoms with Crippen molar-refractivity contribution in [1.82, 2.24) is 24.8 Å². The Labute approximate surface area is 224 Å². The summed E-state index contributed by atoms with van der Waals surface area (Å²) in [7, 11) is -2.31. The van der Waals surface area contributed by atoms with Crippen molar-refractivity contribution in [2.75, 3.05) is 25.8 Å². The van der Waals surface area contributed by atoms with Gasteiger partial charge in [0.1, 0.15) is 29.7 Å². The first-order chi connectivity index (χ1) is 18.6. The third-order valence-electron chi connectivity index (χ3n) is 6.19. The van der Waals surface area contributed by atoms with Gasteiger partial charge in [-0.25, -0.2) is 24.3 Å². The molecule has 1 aromatic carbocycles. The second kappa shape index (κ2) is 12.1. The number of amides is 1. The van der Waals surface area contributed by atoms with Gasteiger partial charge in [-0.05, 0) is 23.6 Å². The van der Waals surface area contributed by atoms with Gasteiger partial charge in [0.25, 0.3) is 0 Å². The number of methoxy groups -OCH3 is 1. The zero-order valence-electron chi connectivity index (χ0n) is 21.9. The van der Waals surface area contributed by atoms with Crippen molar-refractivity contribution in [2.45, 2.75) is 45.0 Å². The highest BCUT2D eigenvalue weighted by Crippen LogP contribution is 2.51. The van der Waals surface area contributed by atoms with Gasteiger partial charge in [0.05, 0.1) is 32.6 Å². The normalized spacial score (nSPS) is 20.9. The molecule has 1 saturated heterocycles. The first kappa shape index (κ1) is 28.4. The molecule has 2 aromatic heterocycles. The molecule has 0 bridgehead atoms. The van der Waals surface area contributed by atoms with Crippen molar-refractivity contribution in [3.8, 4) is 5.75 Å². The van der Waals surface area contributed by atoms with Gasteiger partial charge in [0.15, 0.2) is 17.8 Å². The van der Waals surface area contributed by atoms with Crippen LogP contribution >= 0.6 is 7.60 Å². The summed E-state index contributed by atoms with van der Waals surface area (Å²) in [5.41, 5.74) is 13.5. The Morgan fingerprint density at radius 3 is 2.62 bits per heavy atom. The molecular formula is C24H32N7O7P. The molecule has 15 heteroatoms. The van der Waals surface area contributed by atoms with E-state index in [0.717, 1.165) is 0 Å². The molecule has 1 fully saturated rings. The summed E-state index contributed by atoms with van der Waals surface area (Å²) in [5, 5.41) is 2.65. The number of rotatable bonds is 10. The number of aromatic nitrogens is 4. The SMILES string of the molecule is COC(=O)C(Cc1ccc(OP2(=O)CO[C@@H](Cn3cnc4c(N)ncnc43)CO2)cc1)NC(=O)[C@@H](N)C(C)C. The van der Waals surface area contributed by atoms with Crippen LogP contribution < -0.4 is 21.3 Å². The van der Waals surface area contributed by atoms with E-state index < -0.39 is 37.7 Å². The van der Waals surface area contributed by atoms with E-state index >= 15 is 0 Å². The van der Waals surface area contributed by atoms with Crippen molar-refractivity contribution < 1.29 is 32.7 Å². The number of nitrogens with two attached hydrogens (primary N) is 2. The maximum Gasteiger partial charge on any atom is 0.404 e. The van der Waals surface area contributed by atoms with Crippen LogP contribution in [0, 0.1) is 5.92 Å². The molecule has 14 nitrogen and oxygen atoms in total. The average Bonchev–Trinajstić information content (AvgIpc) is 3.33. The molecule has 210 valence electrons. The van der Waals surface area contributed by atoms with E-state index in [1.54, 1.807) is 35.2 Å². The van der Waals surface area contributed by atoms with Gasteiger partial charge >= 0.3 is 13.6 Å². The molecule has 0 saturated carbocycles. The van der Waals surface area contributed by atoms with Crippen LogP contribution in [0.3, 0.4) is 0 Å². The van der Waals surface area contributed by atoms with Gasteiger partial charge in [0, 0.05) is 6.42 Å². The Hall–Kier alpha value is -3.58. The van der Waals surface area contributed by atoms with E-state index in [1.165, 1.54) is 13.4 Å². The molecule has 4 rings (SSSR count). The van der Waals surface area contributed by atoms with Crippen molar-refractivity contribution in [2.24, 2.45) is 11.7 Å². The van der Waals surface area contributed by atoms with E-state index in [-0.39, 0.29) is 31.1 Å². The molecule has 0 aliphatic carbocycles. The number of benzene rings is 1. The topological polar surface area (TPSA) is 196 Å². The molecule has 4 atom stereocenters. The minimum Gasteiger partial charge on any atom is -0.467 e. The Morgan fingerprint density at radius 1 is 1.23 bits per heavy atom. The van der Waals surface area contributed by atoms with Gasteiger partial charge < -0.3 is 35.3 Å². The molecule has 0 spiro atoms. The lowest BCUT2D eigenvalue weighted by Crippen LogP contribution is -2.51. The Balaban J connectivity index is 1.32. The number of ether oxygens (including phenoxy) is 2. The molecular weight excluding hydrogens is 529 g/mol. The molecule has 3 aromatic rings. The summed E-state index contributed by atoms with van der Waals surface area (Å²) in [4.78, 5) is 36.9. The Kier molecular flexibility index (Phi) is 8.80. The molecule has 0 radical (unpaired) electrons. The zero-order valence-corrected chi connectivity index (χ0v) is 22.7. The van der Waals surface area contributed by atoms with E-state index in [4.69, 9.17) is 30.0 Å². The number of nitrogen functional groups attached to an aromatic ring is 1. The number of hydrogen-bond donors (Lipinski definition) is 3. The quantitative estimate of drug-likeness (QED) is 0.237. The summed E-state index contributed by atoms with van der Waals surface area (Å²) in [6.45, 7) is 4.03. The lowest BCUT2D eigenvalue weighted by molar-refractivity contribution is -0.145. The van der Waals surface area contributed by atoms with Crippen LogP contribution in [0.1, 0.15) is 19.4 Å². The van der Waals surface area contributed by atoms with Crippen LogP contribution in [-0.2, 0) is 41.1 Å². The van der Waals surface area contributed by atoms with Crippen molar-refractivity contribution in [3.05, 3.63) is 42.5 Å². The van der Waals surface area contributed by atoms with Crippen LogP contribution in [0.5, 0.6) is 5.75 Å². The molecule has 1 amide bonds. The van der Waals surface area contributed by atoms with Gasteiger partial charge in [-0.1, -0.05) is 26.0 Å². The highest BCUT2D eigenvalue weighted by molar-refractivity contribution is 7.54. The summed E-state index contributed by atoms with van der Waals surface area (Å²) >= 11 is 0. The third-order valence-corrected chi connectivity index (χ3v) is 7.68. The molecule has 1 aliphatic rings. The van der Waals surface area contributed by atoms with E-state index in [1.807, 2.05) is 13.8 Å². The monoisotopic (exact) mass is 561 g/mol. The number of nitrogens with one attached hydrogen (secondary N) is 1. The van der Waals surface area contributed by atoms with Crippen molar-refractivity contribution in [3.63, 3.8) is 0 Å². The summed E-state index contributed by atoms with van der Waals surface area (Å²) in [5.74, 6) is -0.541. The largest absolute Gasteiger partial charge is 0.467 e. The van der Waals surface area contributed by atoms with E-state index in [9.17, 15) is 14.2 Å². The van der Waals surface area contributed by atoms with Gasteiger partial charge in [-0.15, -0.1) is 0 Å². The second-order valence-corrected chi connectivity index (χ2v) is 11.4. The zero-order chi connectivity index (χ0) is 28.2. The lowest BCUT2D eigenvalue weighted by atomic mass is 10.0. The summed E-state index contributed by atoms with van der Waals surface area (Å²) < 4.78 is 36.7. The third kappa shape index (κ3) is 6.90. The molecule has 5 N–H and O–H groups in total. The van der Waals surface area contributed by atoms with Crippen molar-refractivity contribution >= 4 is 36.5 Å². The molecule has 1 aliphatic heterocycles. The fourth-order valence-corrected chi connectivity index (χ4v) is 5.29. The first-order valence-electron chi connectivity index (χ1n) is 12.3. The number of imidazole rings is 1. The number of nitrogens with zero attached hydrogens (tertiary/aromatic N) is 4. The fraction of sp³-hybridized carbons (Fsp3) is 0.458. The van der Waals surface area contributed by atoms with Crippen LogP contribution in [0.4, 0.5) is 5.82 Å². The van der Waals surface area contributed by atoms with Gasteiger partial charge in [-0.2, -0.15) is 0 Å². The first-order valence-corrected chi connectivity index (χ1v) is 14.0. The molecule has 39 heavy (non-hydrogen) atoms. The number of fused-ring (bicyclic) bond motifs is 1. The number of carbonyl (C=O) groups is 2. The van der Waals surface area contributed by atoms with Crippen LogP contribution in [-0.4, -0.2) is 69.6 Å². The fourth-order valence-electron chi connectivity index (χ4n) is 3.88. The lowest BCUT2D eigenvalue weighted by Gasteiger charge is -2.29. The number of carbonyl (C=O) groups excluding carboxylic acids is 2. The van der Waals surface area contributed by atoms with E-state index in [2.05, 4.69) is 20.3 Å². The van der Waals surface area contributed by atoms with Crippen LogP contribution in [0.2, 0.25) is 0 Å². The highest BCUT2D eigenvalue weighted by atomic mass is 31.2. The number of hydrogen-bond acceptors (Lipinski definition) is 12. The van der Waals surface area contributed by atoms with Crippen molar-refractivity contribution in [1.29, 1.82) is 0 Å². The van der Waals surface area contributed by atoms with Crippen LogP contribution in [0.15, 0.2) is 36.9 Å². The Morgan fingerprint density at radius 2 is 1.97 bits per heavy atom. The summed E-state index contributed by atoms with van der Waals surface area (Å²) in [6, 6.07) is 4.91. The van der Waals surface area contributed by atoms with Crippen LogP contribution in [0.25, 0.3) is 11.2 Å². The van der Waals surface area contributed by atoms with E-state index in [0.29, 0.717) is 29.0 Å². The standard InChI is InChI=1S/C24H32N7O7P/c1-14(2)19(25)23(32)30-18(24(33)35-3)8-15-4-6-16(7-5-15)38-39(34)13-36-17(10-37-39)9-31-12-29-20-21(26)27-11-28-22(20)31/h4-7,11-12,14,17-19H,8-10,13,25H2,1-3H3,(H,30,32)(H2,26,27,28)/t17-,18?,19-,39?/m0/s1. The van der Waals surface area contributed by atoms with Gasteiger partial charge in [0.2, 0.25) is 5.91 Å². The average molecular weight is 562 g/mol. The minimum atomic E-state index is -3.56. The van der Waals surface area contributed by atoms with Gasteiger partial charge in [-0.3, -0.25) is 9.32 Å². The second-order valence-electron chi connectivity index (χ2n) is 9.45. The smallest absolute Gasteiger partial charge is 0.404 e. The number of esters is 1.